The molecule has 2 heterocycles. The number of fused-ring (bicyclic) bond motifs is 1. The average Bonchev–Trinajstić information content (AvgIpc) is 3.07. The molecule has 0 aliphatic rings. The zero-order valence-electron chi connectivity index (χ0n) is 16.2. The topological polar surface area (TPSA) is 52.7 Å². The van der Waals surface area contributed by atoms with Crippen molar-refractivity contribution in [3.05, 3.63) is 80.9 Å². The molecule has 5 nitrogen and oxygen atoms in total. The van der Waals surface area contributed by atoms with Crippen molar-refractivity contribution in [3.63, 3.8) is 0 Å². The second kappa shape index (κ2) is 6.20. The van der Waals surface area contributed by atoms with Crippen molar-refractivity contribution in [1.29, 1.82) is 0 Å². The van der Waals surface area contributed by atoms with Gasteiger partial charge in [0.05, 0.1) is 23.3 Å². The lowest BCUT2D eigenvalue weighted by molar-refractivity contribution is 0.785. The highest BCUT2D eigenvalue weighted by Gasteiger charge is 2.18. The highest BCUT2D eigenvalue weighted by molar-refractivity contribution is 5.82. The van der Waals surface area contributed by atoms with Crippen molar-refractivity contribution in [2.75, 3.05) is 0 Å². The van der Waals surface area contributed by atoms with Crippen LogP contribution in [0.5, 0.6) is 0 Å². The van der Waals surface area contributed by atoms with Crippen LogP contribution in [0.2, 0.25) is 0 Å². The minimum Gasteiger partial charge on any atom is -0.265 e. The van der Waals surface area contributed by atoms with Gasteiger partial charge in [-0.05, 0) is 63.4 Å². The summed E-state index contributed by atoms with van der Waals surface area (Å²) in [6, 6.07) is 12.0. The van der Waals surface area contributed by atoms with Gasteiger partial charge in [0.15, 0.2) is 0 Å². The fourth-order valence-corrected chi connectivity index (χ4v) is 3.52. The Morgan fingerprint density at radius 2 is 1.63 bits per heavy atom. The molecule has 0 aliphatic heterocycles. The maximum absolute atomic E-state index is 13.4. The van der Waals surface area contributed by atoms with Crippen LogP contribution in [0.1, 0.15) is 27.9 Å². The smallest absolute Gasteiger partial charge is 0.265 e. The SMILES string of the molecule is Cc1ccc(-n2nc(C)c3cnn(-c4cccc(C)c4C)c3c2=O)c(C)c1. The van der Waals surface area contributed by atoms with Gasteiger partial charge in [0.2, 0.25) is 0 Å². The molecule has 0 bridgehead atoms. The Labute approximate surface area is 157 Å². The molecule has 2 aromatic carbocycles. The first-order valence-corrected chi connectivity index (χ1v) is 9.00. The maximum Gasteiger partial charge on any atom is 0.298 e. The molecule has 4 aromatic rings. The van der Waals surface area contributed by atoms with Gasteiger partial charge < -0.3 is 0 Å². The van der Waals surface area contributed by atoms with Gasteiger partial charge in [0.25, 0.3) is 5.56 Å². The van der Waals surface area contributed by atoms with Gasteiger partial charge in [0, 0.05) is 5.39 Å². The van der Waals surface area contributed by atoms with E-state index in [2.05, 4.69) is 36.2 Å². The third kappa shape index (κ3) is 2.67. The Hall–Kier alpha value is -3.21. The third-order valence-corrected chi connectivity index (χ3v) is 5.19. The van der Waals surface area contributed by atoms with Gasteiger partial charge in [-0.1, -0.05) is 29.8 Å². The second-order valence-electron chi connectivity index (χ2n) is 7.13. The minimum atomic E-state index is -0.166. The van der Waals surface area contributed by atoms with E-state index in [1.165, 1.54) is 4.68 Å². The van der Waals surface area contributed by atoms with Crippen LogP contribution < -0.4 is 5.56 Å². The summed E-state index contributed by atoms with van der Waals surface area (Å²) in [6.45, 7) is 10.1. The van der Waals surface area contributed by atoms with Crippen molar-refractivity contribution >= 4 is 10.9 Å². The van der Waals surface area contributed by atoms with Crippen molar-refractivity contribution < 1.29 is 0 Å². The van der Waals surface area contributed by atoms with Gasteiger partial charge in [-0.2, -0.15) is 14.9 Å². The highest BCUT2D eigenvalue weighted by Crippen LogP contribution is 2.23. The monoisotopic (exact) mass is 358 g/mol. The Morgan fingerprint density at radius 3 is 2.37 bits per heavy atom. The highest BCUT2D eigenvalue weighted by atomic mass is 16.1. The molecule has 0 saturated heterocycles. The molecule has 0 aliphatic carbocycles. The third-order valence-electron chi connectivity index (χ3n) is 5.19. The molecule has 0 radical (unpaired) electrons. The molecule has 0 amide bonds. The van der Waals surface area contributed by atoms with Gasteiger partial charge >= 0.3 is 0 Å². The zero-order chi connectivity index (χ0) is 19.3. The normalized spacial score (nSPS) is 11.3. The van der Waals surface area contributed by atoms with E-state index in [0.29, 0.717) is 5.52 Å². The number of aromatic nitrogens is 4. The Morgan fingerprint density at radius 1 is 0.852 bits per heavy atom. The quantitative estimate of drug-likeness (QED) is 0.542. The molecule has 0 spiro atoms. The van der Waals surface area contributed by atoms with Crippen molar-refractivity contribution in [1.82, 2.24) is 19.6 Å². The lowest BCUT2D eigenvalue weighted by Gasteiger charge is -2.12. The van der Waals surface area contributed by atoms with Gasteiger partial charge in [-0.15, -0.1) is 0 Å². The van der Waals surface area contributed by atoms with Crippen LogP contribution >= 0.6 is 0 Å². The van der Waals surface area contributed by atoms with E-state index < -0.39 is 0 Å². The van der Waals surface area contributed by atoms with E-state index in [-0.39, 0.29) is 5.56 Å². The second-order valence-corrected chi connectivity index (χ2v) is 7.13. The molecule has 4 rings (SSSR count). The van der Waals surface area contributed by atoms with Crippen LogP contribution in [0, 0.1) is 34.6 Å². The molecule has 2 aromatic heterocycles. The summed E-state index contributed by atoms with van der Waals surface area (Å²) in [7, 11) is 0. The molecule has 5 heteroatoms. The predicted octanol–water partition coefficient (Wildman–Crippen LogP) is 4.11. The van der Waals surface area contributed by atoms with E-state index in [9.17, 15) is 4.79 Å². The molecule has 0 N–H and O–H groups in total. The summed E-state index contributed by atoms with van der Waals surface area (Å²) in [6.07, 6.45) is 1.73. The standard InChI is InChI=1S/C22H22N4O/c1-13-9-10-19(15(3)11-13)26-22(27)21-18(17(5)24-26)12-23-25(21)20-8-6-7-14(2)16(20)4/h6-12H,1-5H3. The largest absolute Gasteiger partial charge is 0.298 e. The first-order chi connectivity index (χ1) is 12.9. The molecule has 0 unspecified atom stereocenters. The number of aryl methyl sites for hydroxylation is 4. The van der Waals surface area contributed by atoms with Crippen LogP contribution in [0.15, 0.2) is 47.4 Å². The predicted molar refractivity (Wildman–Crippen MR) is 108 cm³/mol. The first-order valence-electron chi connectivity index (χ1n) is 9.00. The van der Waals surface area contributed by atoms with Crippen LogP contribution in [0.4, 0.5) is 0 Å². The fourth-order valence-electron chi connectivity index (χ4n) is 3.52. The summed E-state index contributed by atoms with van der Waals surface area (Å²) in [5.74, 6) is 0. The maximum atomic E-state index is 13.4. The molecular formula is C22H22N4O. The van der Waals surface area contributed by atoms with Crippen LogP contribution in [0.25, 0.3) is 22.3 Å². The summed E-state index contributed by atoms with van der Waals surface area (Å²) in [5, 5.41) is 9.86. The number of hydrogen-bond acceptors (Lipinski definition) is 3. The Kier molecular flexibility index (Phi) is 3.95. The van der Waals surface area contributed by atoms with Crippen molar-refractivity contribution in [2.45, 2.75) is 34.6 Å². The number of nitrogens with zero attached hydrogens (tertiary/aromatic N) is 4. The van der Waals surface area contributed by atoms with Crippen LogP contribution in [-0.2, 0) is 0 Å². The van der Waals surface area contributed by atoms with E-state index in [4.69, 9.17) is 0 Å². The summed E-state index contributed by atoms with van der Waals surface area (Å²) < 4.78 is 3.24. The van der Waals surface area contributed by atoms with Crippen molar-refractivity contribution in [2.24, 2.45) is 0 Å². The first kappa shape index (κ1) is 17.2. The average molecular weight is 358 g/mol. The number of hydrogen-bond donors (Lipinski definition) is 0. The summed E-state index contributed by atoms with van der Waals surface area (Å²) in [4.78, 5) is 13.4. The number of benzene rings is 2. The van der Waals surface area contributed by atoms with Crippen LogP contribution in [0.3, 0.4) is 0 Å². The van der Waals surface area contributed by atoms with E-state index in [1.807, 2.05) is 45.0 Å². The Bertz CT molecular complexity index is 1250. The molecule has 0 fully saturated rings. The zero-order valence-corrected chi connectivity index (χ0v) is 16.2. The number of rotatable bonds is 2. The van der Waals surface area contributed by atoms with Crippen molar-refractivity contribution in [3.8, 4) is 11.4 Å². The van der Waals surface area contributed by atoms with Gasteiger partial charge in [0.1, 0.15) is 5.52 Å². The molecule has 0 saturated carbocycles. The van der Waals surface area contributed by atoms with Crippen LogP contribution in [-0.4, -0.2) is 19.6 Å². The van der Waals surface area contributed by atoms with E-state index >= 15 is 0 Å². The fraction of sp³-hybridized carbons (Fsp3) is 0.227. The summed E-state index contributed by atoms with van der Waals surface area (Å²) in [5.41, 5.74) is 7.32. The molecule has 27 heavy (non-hydrogen) atoms. The molecule has 0 atom stereocenters. The van der Waals surface area contributed by atoms with Gasteiger partial charge in [-0.3, -0.25) is 4.79 Å². The van der Waals surface area contributed by atoms with Gasteiger partial charge in [-0.25, -0.2) is 4.68 Å². The lowest BCUT2D eigenvalue weighted by Crippen LogP contribution is -2.25. The van der Waals surface area contributed by atoms with E-state index in [1.54, 1.807) is 10.9 Å². The molecule has 136 valence electrons. The molecular weight excluding hydrogens is 336 g/mol. The lowest BCUT2D eigenvalue weighted by atomic mass is 10.1. The van der Waals surface area contributed by atoms with E-state index in [0.717, 1.165) is 44.7 Å². The summed E-state index contributed by atoms with van der Waals surface area (Å²) >= 11 is 0. The Balaban J connectivity index is 2.07. The minimum absolute atomic E-state index is 0.166.